The minimum absolute atomic E-state index is 0.168. The third-order valence-corrected chi connectivity index (χ3v) is 6.55. The highest BCUT2D eigenvalue weighted by molar-refractivity contribution is 9.11. The van der Waals surface area contributed by atoms with E-state index in [-0.39, 0.29) is 12.5 Å². The van der Waals surface area contributed by atoms with Crippen LogP contribution in [0, 0.1) is 0 Å². The molecule has 8 heteroatoms. The van der Waals surface area contributed by atoms with Gasteiger partial charge in [0, 0.05) is 15.6 Å². The van der Waals surface area contributed by atoms with Crippen LogP contribution in [0.5, 0.6) is 5.75 Å². The van der Waals surface area contributed by atoms with E-state index >= 15 is 0 Å². The number of carbonyl (C=O) groups is 1. The average molecular weight is 595 g/mol. The quantitative estimate of drug-likeness (QED) is 0.282. The van der Waals surface area contributed by atoms with E-state index in [1.54, 1.807) is 12.1 Å². The Kier molecular flexibility index (Phi) is 7.05. The molecule has 162 valence electrons. The number of hydrogen-bond acceptors (Lipinski definition) is 3. The molecule has 1 aliphatic rings. The maximum atomic E-state index is 12.9. The molecule has 3 aromatic carbocycles. The Morgan fingerprint density at radius 3 is 2.38 bits per heavy atom. The average Bonchev–Trinajstić information content (AvgIpc) is 3.03. The van der Waals surface area contributed by atoms with Crippen LogP contribution in [-0.2, 0) is 11.4 Å². The van der Waals surface area contributed by atoms with Gasteiger partial charge in [-0.3, -0.25) is 4.79 Å². The van der Waals surface area contributed by atoms with Crippen LogP contribution in [0.4, 0.5) is 5.69 Å². The molecule has 32 heavy (non-hydrogen) atoms. The molecule has 1 heterocycles. The fourth-order valence-electron chi connectivity index (χ4n) is 3.18. The van der Waals surface area contributed by atoms with E-state index in [4.69, 9.17) is 27.9 Å². The molecule has 0 fully saturated rings. The highest BCUT2D eigenvalue weighted by Gasteiger charge is 2.28. The topological polar surface area (TPSA) is 41.9 Å². The third-order valence-electron chi connectivity index (χ3n) is 4.78. The van der Waals surface area contributed by atoms with Gasteiger partial charge in [-0.2, -0.15) is 10.1 Å². The van der Waals surface area contributed by atoms with Crippen LogP contribution >= 0.6 is 55.1 Å². The van der Waals surface area contributed by atoms with Crippen molar-refractivity contribution < 1.29 is 9.53 Å². The summed E-state index contributed by atoms with van der Waals surface area (Å²) < 4.78 is 7.45. The van der Waals surface area contributed by atoms with E-state index in [0.29, 0.717) is 27.1 Å². The van der Waals surface area contributed by atoms with Gasteiger partial charge in [-0.25, -0.2) is 0 Å². The maximum Gasteiger partial charge on any atom is 0.280 e. The molecule has 0 saturated carbocycles. The Morgan fingerprint density at radius 2 is 1.72 bits per heavy atom. The van der Waals surface area contributed by atoms with E-state index in [1.807, 2.05) is 61.5 Å². The number of hydrazone groups is 1. The van der Waals surface area contributed by atoms with E-state index in [9.17, 15) is 4.79 Å². The lowest BCUT2D eigenvalue weighted by Gasteiger charge is -2.13. The van der Waals surface area contributed by atoms with Crippen molar-refractivity contribution in [3.05, 3.63) is 96.4 Å². The molecule has 3 aromatic rings. The first-order valence-corrected chi connectivity index (χ1v) is 11.9. The molecule has 0 N–H and O–H groups in total. The smallest absolute Gasteiger partial charge is 0.280 e. The number of benzene rings is 3. The summed E-state index contributed by atoms with van der Waals surface area (Å²) in [6.07, 6.45) is 1.82. The molecule has 1 amide bonds. The van der Waals surface area contributed by atoms with Crippen LogP contribution in [0.2, 0.25) is 10.0 Å². The van der Waals surface area contributed by atoms with Gasteiger partial charge in [0.25, 0.3) is 5.91 Å². The molecular weight excluding hydrogens is 579 g/mol. The molecule has 4 rings (SSSR count). The van der Waals surface area contributed by atoms with E-state index in [0.717, 1.165) is 25.8 Å². The number of nitrogens with zero attached hydrogens (tertiary/aromatic N) is 2. The van der Waals surface area contributed by atoms with Crippen molar-refractivity contribution in [3.63, 3.8) is 0 Å². The zero-order chi connectivity index (χ0) is 22.8. The van der Waals surface area contributed by atoms with E-state index < -0.39 is 0 Å². The van der Waals surface area contributed by atoms with Gasteiger partial charge in [-0.15, -0.1) is 0 Å². The Labute approximate surface area is 212 Å². The van der Waals surface area contributed by atoms with Crippen LogP contribution < -0.4 is 9.75 Å². The second kappa shape index (κ2) is 9.79. The fourth-order valence-corrected chi connectivity index (χ4v) is 5.10. The molecule has 0 saturated heterocycles. The van der Waals surface area contributed by atoms with E-state index in [2.05, 4.69) is 37.0 Å². The second-order valence-electron chi connectivity index (χ2n) is 7.03. The van der Waals surface area contributed by atoms with Crippen molar-refractivity contribution in [2.45, 2.75) is 13.5 Å². The predicted octanol–water partition coefficient (Wildman–Crippen LogP) is 7.90. The number of carbonyl (C=O) groups excluding carboxylic acids is 1. The summed E-state index contributed by atoms with van der Waals surface area (Å²) in [5.74, 6) is 0.464. The largest absolute Gasteiger partial charge is 0.486 e. The SMILES string of the molecule is CC1=NN(c2ccccc2)C(=O)/C1=C/c1cc(Br)c(OCc2ccc(Cl)cc2Cl)c(Br)c1. The number of hydrogen-bond donors (Lipinski definition) is 0. The standard InChI is InChI=1S/C24H16Br2Cl2N2O2/c1-14-19(24(31)30(29-14)18-5-3-2-4-6-18)9-15-10-20(25)23(21(26)11-15)32-13-16-7-8-17(27)12-22(16)28/h2-12H,13H2,1H3/b19-9+. The van der Waals surface area contributed by atoms with Crippen molar-refractivity contribution in [3.8, 4) is 5.75 Å². The zero-order valence-electron chi connectivity index (χ0n) is 16.8. The van der Waals surface area contributed by atoms with Crippen LogP contribution in [0.25, 0.3) is 6.08 Å². The molecule has 0 bridgehead atoms. The van der Waals surface area contributed by atoms with Gasteiger partial charge in [0.1, 0.15) is 12.4 Å². The fraction of sp³-hybridized carbons (Fsp3) is 0.0833. The Bertz CT molecular complexity index is 1240. The summed E-state index contributed by atoms with van der Waals surface area (Å²) in [7, 11) is 0. The normalized spacial score (nSPS) is 14.8. The van der Waals surface area contributed by atoms with Gasteiger partial charge in [-0.05, 0) is 86.8 Å². The molecular formula is C24H16Br2Cl2N2O2. The Hall–Kier alpha value is -2.12. The van der Waals surface area contributed by atoms with Gasteiger partial charge in [0.05, 0.1) is 25.9 Å². The first kappa shape index (κ1) is 23.1. The number of anilines is 1. The lowest BCUT2D eigenvalue weighted by molar-refractivity contribution is -0.114. The van der Waals surface area contributed by atoms with Crippen LogP contribution in [-0.4, -0.2) is 11.6 Å². The lowest BCUT2D eigenvalue weighted by Crippen LogP contribution is -2.21. The van der Waals surface area contributed by atoms with E-state index in [1.165, 1.54) is 5.01 Å². The summed E-state index contributed by atoms with van der Waals surface area (Å²) >= 11 is 19.3. The summed E-state index contributed by atoms with van der Waals surface area (Å²) in [5.41, 5.74) is 3.57. The summed E-state index contributed by atoms with van der Waals surface area (Å²) in [6, 6.07) is 18.4. The maximum absolute atomic E-state index is 12.9. The lowest BCUT2D eigenvalue weighted by atomic mass is 10.1. The molecule has 0 aromatic heterocycles. The number of halogens is 4. The second-order valence-corrected chi connectivity index (χ2v) is 9.59. The van der Waals surface area contributed by atoms with Gasteiger partial charge in [-0.1, -0.05) is 47.5 Å². The first-order chi connectivity index (χ1) is 15.3. The highest BCUT2D eigenvalue weighted by Crippen LogP contribution is 2.37. The summed E-state index contributed by atoms with van der Waals surface area (Å²) in [6.45, 7) is 2.11. The highest BCUT2D eigenvalue weighted by atomic mass is 79.9. The first-order valence-electron chi connectivity index (χ1n) is 9.56. The molecule has 4 nitrogen and oxygen atoms in total. The Morgan fingerprint density at radius 1 is 1.03 bits per heavy atom. The van der Waals surface area contributed by atoms with Crippen LogP contribution in [0.1, 0.15) is 18.1 Å². The molecule has 0 spiro atoms. The monoisotopic (exact) mass is 592 g/mol. The minimum atomic E-state index is -0.168. The number of ether oxygens (including phenoxy) is 1. The summed E-state index contributed by atoms with van der Waals surface area (Å²) in [5, 5.41) is 6.95. The van der Waals surface area contributed by atoms with Gasteiger partial charge in [0.2, 0.25) is 0 Å². The number of rotatable bonds is 5. The molecule has 1 aliphatic heterocycles. The van der Waals surface area contributed by atoms with Gasteiger partial charge in [0.15, 0.2) is 0 Å². The minimum Gasteiger partial charge on any atom is -0.486 e. The molecule has 0 unspecified atom stereocenters. The van der Waals surface area contributed by atoms with Crippen molar-refractivity contribution in [2.24, 2.45) is 5.10 Å². The van der Waals surface area contributed by atoms with Crippen molar-refractivity contribution in [2.75, 3.05) is 5.01 Å². The van der Waals surface area contributed by atoms with Crippen LogP contribution in [0.15, 0.2) is 80.3 Å². The predicted molar refractivity (Wildman–Crippen MR) is 138 cm³/mol. The van der Waals surface area contributed by atoms with Crippen molar-refractivity contribution >= 4 is 78.4 Å². The third kappa shape index (κ3) is 4.94. The van der Waals surface area contributed by atoms with Gasteiger partial charge >= 0.3 is 0 Å². The number of amides is 1. The molecule has 0 aliphatic carbocycles. The molecule has 0 radical (unpaired) electrons. The number of para-hydroxylation sites is 1. The zero-order valence-corrected chi connectivity index (χ0v) is 21.5. The molecule has 0 atom stereocenters. The Balaban J connectivity index is 1.56. The van der Waals surface area contributed by atoms with Crippen molar-refractivity contribution in [1.82, 2.24) is 0 Å². The van der Waals surface area contributed by atoms with Gasteiger partial charge < -0.3 is 4.74 Å². The summed E-state index contributed by atoms with van der Waals surface area (Å²) in [4.78, 5) is 12.9. The van der Waals surface area contributed by atoms with Crippen LogP contribution in [0.3, 0.4) is 0 Å². The van der Waals surface area contributed by atoms with Crippen molar-refractivity contribution in [1.29, 1.82) is 0 Å².